The van der Waals surface area contributed by atoms with Crippen LogP contribution < -0.4 is 5.32 Å². The van der Waals surface area contributed by atoms with E-state index in [0.29, 0.717) is 23.4 Å². The Balaban J connectivity index is 1.78. The summed E-state index contributed by atoms with van der Waals surface area (Å²) >= 11 is 0. The van der Waals surface area contributed by atoms with Crippen molar-refractivity contribution in [3.8, 4) is 0 Å². The third kappa shape index (κ3) is 4.48. The third-order valence-corrected chi connectivity index (χ3v) is 5.37. The number of β-amino-alcohol motifs (C(OH)–C–C–N with tert-alkyl or cyclic N) is 1. The first-order valence-electron chi connectivity index (χ1n) is 10.5. The number of hydrogen-bond acceptors (Lipinski definition) is 9. The Morgan fingerprint density at radius 1 is 1.15 bits per heavy atom. The number of anilines is 1. The second-order valence-corrected chi connectivity index (χ2v) is 7.55. The van der Waals surface area contributed by atoms with E-state index >= 15 is 0 Å². The monoisotopic (exact) mass is 465 g/mol. The van der Waals surface area contributed by atoms with Crippen LogP contribution in [0, 0.1) is 0 Å². The van der Waals surface area contributed by atoms with Crippen molar-refractivity contribution in [1.29, 1.82) is 0 Å². The second-order valence-electron chi connectivity index (χ2n) is 7.55. The maximum absolute atomic E-state index is 12.9. The molecule has 1 amide bonds. The number of benzene rings is 2. The van der Waals surface area contributed by atoms with Gasteiger partial charge in [-0.05, 0) is 17.7 Å². The van der Waals surface area contributed by atoms with E-state index in [1.807, 2.05) is 30.3 Å². The molecule has 4 rings (SSSR count). The second kappa shape index (κ2) is 9.75. The van der Waals surface area contributed by atoms with E-state index in [9.17, 15) is 19.5 Å². The molecular weight excluding hydrogens is 442 g/mol. The largest absolute Gasteiger partial charge is 0.466 e. The minimum atomic E-state index is -0.681. The number of aliphatic hydroxyl groups is 1. The zero-order chi connectivity index (χ0) is 24.2. The number of aliphatic hydroxyl groups excluding tert-OH is 1. The van der Waals surface area contributed by atoms with Crippen LogP contribution in [-0.2, 0) is 25.5 Å². The minimum absolute atomic E-state index is 0.0235. The number of methoxy groups -OCH3 is 2. The Labute approximate surface area is 194 Å². The fourth-order valence-electron chi connectivity index (χ4n) is 3.74. The highest BCUT2D eigenvalue weighted by molar-refractivity contribution is 6.10. The lowest BCUT2D eigenvalue weighted by Gasteiger charge is -2.15. The molecule has 0 saturated heterocycles. The van der Waals surface area contributed by atoms with Gasteiger partial charge in [-0.25, -0.2) is 14.6 Å². The Morgan fingerprint density at radius 2 is 1.88 bits per heavy atom. The molecule has 0 atom stereocenters. The van der Waals surface area contributed by atoms with Crippen LogP contribution in [0.25, 0.3) is 11.1 Å². The smallest absolute Gasteiger partial charge is 0.338 e. The summed E-state index contributed by atoms with van der Waals surface area (Å²) in [4.78, 5) is 43.4. The molecule has 1 aromatic heterocycles. The summed E-state index contributed by atoms with van der Waals surface area (Å²) in [6, 6.07) is 12.6. The molecule has 0 spiro atoms. The number of hydrogen-bond donors (Lipinski definition) is 2. The van der Waals surface area contributed by atoms with Crippen molar-refractivity contribution in [3.05, 3.63) is 70.8 Å². The van der Waals surface area contributed by atoms with E-state index in [2.05, 4.69) is 10.3 Å². The molecule has 34 heavy (non-hydrogen) atoms. The predicted molar refractivity (Wildman–Crippen MR) is 121 cm³/mol. The van der Waals surface area contributed by atoms with Gasteiger partial charge in [-0.2, -0.15) is 0 Å². The van der Waals surface area contributed by atoms with Gasteiger partial charge in [0.05, 0.1) is 44.2 Å². The topological polar surface area (TPSA) is 131 Å². The van der Waals surface area contributed by atoms with Crippen molar-refractivity contribution in [2.24, 2.45) is 0 Å². The van der Waals surface area contributed by atoms with Gasteiger partial charge in [0, 0.05) is 13.0 Å². The van der Waals surface area contributed by atoms with Crippen molar-refractivity contribution in [3.63, 3.8) is 0 Å². The fraction of sp³-hybridized carbons (Fsp3) is 0.250. The van der Waals surface area contributed by atoms with Crippen molar-refractivity contribution < 1.29 is 33.4 Å². The SMILES string of the molecule is COC(=O)C1=C(Nc2cc(C(=O)OC)cc3nc(Cc4ccccc4)oc23)C(=O)N(CCO)C1. The lowest BCUT2D eigenvalue weighted by Crippen LogP contribution is -2.31. The molecule has 2 N–H and O–H groups in total. The lowest BCUT2D eigenvalue weighted by atomic mass is 10.1. The molecule has 176 valence electrons. The van der Waals surface area contributed by atoms with Crippen molar-refractivity contribution in [2.45, 2.75) is 6.42 Å². The zero-order valence-corrected chi connectivity index (χ0v) is 18.7. The van der Waals surface area contributed by atoms with Crippen molar-refractivity contribution >= 4 is 34.6 Å². The molecule has 0 unspecified atom stereocenters. The molecule has 1 aliphatic rings. The maximum atomic E-state index is 12.9. The van der Waals surface area contributed by atoms with Gasteiger partial charge in [-0.3, -0.25) is 4.79 Å². The van der Waals surface area contributed by atoms with Gasteiger partial charge in [-0.15, -0.1) is 0 Å². The zero-order valence-electron chi connectivity index (χ0n) is 18.7. The van der Waals surface area contributed by atoms with Crippen LogP contribution in [0.5, 0.6) is 0 Å². The van der Waals surface area contributed by atoms with Crippen LogP contribution in [0.2, 0.25) is 0 Å². The van der Waals surface area contributed by atoms with Crippen LogP contribution in [-0.4, -0.2) is 66.8 Å². The molecule has 2 aromatic carbocycles. The van der Waals surface area contributed by atoms with Gasteiger partial charge >= 0.3 is 11.9 Å². The summed E-state index contributed by atoms with van der Waals surface area (Å²) in [7, 11) is 2.48. The van der Waals surface area contributed by atoms with Crippen LogP contribution in [0.3, 0.4) is 0 Å². The fourth-order valence-corrected chi connectivity index (χ4v) is 3.74. The number of carbonyl (C=O) groups excluding carboxylic acids is 3. The minimum Gasteiger partial charge on any atom is -0.466 e. The molecular formula is C24H23N3O7. The summed E-state index contributed by atoms with van der Waals surface area (Å²) in [6.45, 7) is -0.240. The molecule has 0 bridgehead atoms. The van der Waals surface area contributed by atoms with E-state index in [1.54, 1.807) is 0 Å². The number of oxazole rings is 1. The number of rotatable bonds is 8. The first-order chi connectivity index (χ1) is 16.4. The normalized spacial score (nSPS) is 13.5. The standard InChI is InChI=1S/C24H23N3O7/c1-32-23(30)15-11-17-21(34-19(25-17)10-14-6-4-3-5-7-14)18(12-15)26-20-16(24(31)33-2)13-27(8-9-28)22(20)29/h3-7,11-12,26,28H,8-10,13H2,1-2H3. The molecule has 1 aliphatic heterocycles. The van der Waals surface area contributed by atoms with E-state index in [-0.39, 0.29) is 42.2 Å². The van der Waals surface area contributed by atoms with Gasteiger partial charge in [0.25, 0.3) is 5.91 Å². The number of amides is 1. The Morgan fingerprint density at radius 3 is 2.56 bits per heavy atom. The number of esters is 2. The Bertz CT molecular complexity index is 1280. The highest BCUT2D eigenvalue weighted by atomic mass is 16.5. The summed E-state index contributed by atoms with van der Waals surface area (Å²) in [5.41, 5.74) is 2.21. The molecule has 10 nitrogen and oxygen atoms in total. The Kier molecular flexibility index (Phi) is 6.60. The molecule has 0 radical (unpaired) electrons. The first kappa shape index (κ1) is 23.0. The number of nitrogens with zero attached hydrogens (tertiary/aromatic N) is 2. The van der Waals surface area contributed by atoms with Gasteiger partial charge in [0.15, 0.2) is 11.5 Å². The summed E-state index contributed by atoms with van der Waals surface area (Å²) in [5.74, 6) is -1.36. The molecule has 10 heteroatoms. The number of carbonyl (C=O) groups is 3. The molecule has 3 aromatic rings. The van der Waals surface area contributed by atoms with Crippen molar-refractivity contribution in [2.75, 3.05) is 39.2 Å². The summed E-state index contributed by atoms with van der Waals surface area (Å²) < 4.78 is 15.7. The molecule has 0 saturated carbocycles. The van der Waals surface area contributed by atoms with Gasteiger partial charge in [0.1, 0.15) is 11.2 Å². The van der Waals surface area contributed by atoms with Crippen LogP contribution in [0.15, 0.2) is 58.2 Å². The Hall–Kier alpha value is -4.18. The predicted octanol–water partition coefficient (Wildman–Crippen LogP) is 1.88. The summed E-state index contributed by atoms with van der Waals surface area (Å²) in [5, 5.41) is 12.2. The van der Waals surface area contributed by atoms with Crippen LogP contribution in [0.4, 0.5) is 5.69 Å². The van der Waals surface area contributed by atoms with Gasteiger partial charge in [-0.1, -0.05) is 30.3 Å². The van der Waals surface area contributed by atoms with E-state index in [0.717, 1.165) is 5.56 Å². The highest BCUT2D eigenvalue weighted by Crippen LogP contribution is 2.31. The highest BCUT2D eigenvalue weighted by Gasteiger charge is 2.35. The third-order valence-electron chi connectivity index (χ3n) is 5.37. The van der Waals surface area contributed by atoms with Gasteiger partial charge < -0.3 is 29.2 Å². The number of ether oxygens (including phenoxy) is 2. The first-order valence-corrected chi connectivity index (χ1v) is 10.5. The summed E-state index contributed by atoms with van der Waals surface area (Å²) in [6.07, 6.45) is 0.418. The quantitative estimate of drug-likeness (QED) is 0.479. The molecule has 2 heterocycles. The van der Waals surface area contributed by atoms with E-state index in [4.69, 9.17) is 13.9 Å². The van der Waals surface area contributed by atoms with Gasteiger partial charge in [0.2, 0.25) is 0 Å². The van der Waals surface area contributed by atoms with Crippen molar-refractivity contribution in [1.82, 2.24) is 9.88 Å². The average molecular weight is 465 g/mol. The molecule has 0 aliphatic carbocycles. The van der Waals surface area contributed by atoms with Crippen LogP contribution in [0.1, 0.15) is 21.8 Å². The molecule has 0 fully saturated rings. The average Bonchev–Trinajstić information content (AvgIpc) is 3.39. The number of nitrogens with one attached hydrogen (secondary N) is 1. The number of fused-ring (bicyclic) bond motifs is 1. The van der Waals surface area contributed by atoms with Crippen LogP contribution >= 0.6 is 0 Å². The van der Waals surface area contributed by atoms with E-state index < -0.39 is 17.8 Å². The van der Waals surface area contributed by atoms with E-state index in [1.165, 1.54) is 31.3 Å². The maximum Gasteiger partial charge on any atom is 0.338 e. The number of aromatic nitrogens is 1. The lowest BCUT2D eigenvalue weighted by molar-refractivity contribution is -0.136.